The monoisotopic (exact) mass is 474 g/mol. The van der Waals surface area contributed by atoms with Crippen LogP contribution in [0.25, 0.3) is 44.6 Å². The summed E-state index contributed by atoms with van der Waals surface area (Å²) in [7, 11) is 6.13. The second kappa shape index (κ2) is 8.61. The van der Waals surface area contributed by atoms with Gasteiger partial charge in [0.2, 0.25) is 11.3 Å². The van der Waals surface area contributed by atoms with Crippen molar-refractivity contribution >= 4 is 21.9 Å². The van der Waals surface area contributed by atoms with Crippen molar-refractivity contribution in [3.63, 3.8) is 0 Å². The molecule has 0 aliphatic heterocycles. The molecule has 6 rings (SSSR count). The molecule has 176 valence electrons. The van der Waals surface area contributed by atoms with Crippen LogP contribution in [0, 0.1) is 6.92 Å². The molecule has 0 amide bonds. The first kappa shape index (κ1) is 22.0. The van der Waals surface area contributed by atoms with Gasteiger partial charge in [-0.2, -0.15) is 9.13 Å². The third-order valence-corrected chi connectivity index (χ3v) is 6.92. The zero-order valence-corrected chi connectivity index (χ0v) is 20.9. The summed E-state index contributed by atoms with van der Waals surface area (Å²) >= 11 is 0. The highest BCUT2D eigenvalue weighted by Crippen LogP contribution is 2.34. The van der Waals surface area contributed by atoms with Crippen molar-refractivity contribution in [2.45, 2.75) is 6.92 Å². The lowest BCUT2D eigenvalue weighted by molar-refractivity contribution is -0.691. The van der Waals surface area contributed by atoms with E-state index >= 15 is 0 Å². The van der Waals surface area contributed by atoms with E-state index in [-0.39, 0.29) is 0 Å². The second-order valence-electron chi connectivity index (χ2n) is 9.15. The Balaban J connectivity index is 1.47. The molecule has 5 nitrogen and oxygen atoms in total. The Morgan fingerprint density at radius 2 is 1.44 bits per heavy atom. The molecule has 6 aromatic rings. The number of aromatic nitrogens is 3. The summed E-state index contributed by atoms with van der Waals surface area (Å²) in [6, 6.07) is 28.8. The van der Waals surface area contributed by atoms with Crippen LogP contribution in [-0.4, -0.2) is 0 Å². The summed E-state index contributed by atoms with van der Waals surface area (Å²) in [5.41, 5.74) is 7.13. The largest absolute Gasteiger partial charge is 0.449 e. The predicted octanol–water partition coefficient (Wildman–Crippen LogP) is 5.49. The molecule has 4 aromatic heterocycles. The molecule has 2 aromatic carbocycles. The molecule has 36 heavy (non-hydrogen) atoms. The average molecular weight is 475 g/mol. The highest BCUT2D eigenvalue weighted by molar-refractivity contribution is 6.07. The lowest BCUT2D eigenvalue weighted by Crippen LogP contribution is -2.39. The third-order valence-electron chi connectivity index (χ3n) is 6.92. The Hall–Kier alpha value is -4.51. The first-order chi connectivity index (χ1) is 17.5. The summed E-state index contributed by atoms with van der Waals surface area (Å²) < 4.78 is 19.2. The quantitative estimate of drug-likeness (QED) is 0.317. The van der Waals surface area contributed by atoms with E-state index in [9.17, 15) is 0 Å². The molecule has 0 N–H and O–H groups in total. The summed E-state index contributed by atoms with van der Waals surface area (Å²) in [6.07, 6.45) is 4.14. The standard InChI is InChI=1S/C31H28N3O2/c1-21-22(25-13-7-8-19-32(25)2)12-9-16-27(21)35-29-17-10-14-26(34(29)4)30-31-24(18-20-33(30)3)23-11-5-6-15-28(23)36-31/h5-20H,1-4H3/q+3. The van der Waals surface area contributed by atoms with Gasteiger partial charge in [0.25, 0.3) is 5.69 Å². The van der Waals surface area contributed by atoms with Crippen molar-refractivity contribution in [1.82, 2.24) is 0 Å². The topological polar surface area (TPSA) is 34.0 Å². The van der Waals surface area contributed by atoms with E-state index in [0.29, 0.717) is 0 Å². The fourth-order valence-electron chi connectivity index (χ4n) is 4.95. The van der Waals surface area contributed by atoms with Crippen LogP contribution in [0.5, 0.6) is 11.6 Å². The minimum absolute atomic E-state index is 0.748. The van der Waals surface area contributed by atoms with Crippen LogP contribution in [0.15, 0.2) is 102 Å². The van der Waals surface area contributed by atoms with Crippen molar-refractivity contribution in [2.75, 3.05) is 0 Å². The number of benzene rings is 2. The zero-order valence-electron chi connectivity index (χ0n) is 20.9. The number of hydrogen-bond acceptors (Lipinski definition) is 2. The normalized spacial score (nSPS) is 11.3. The molecule has 5 heteroatoms. The van der Waals surface area contributed by atoms with Crippen LogP contribution < -0.4 is 18.4 Å². The number of rotatable bonds is 4. The van der Waals surface area contributed by atoms with Crippen LogP contribution in [0.1, 0.15) is 5.56 Å². The van der Waals surface area contributed by atoms with Gasteiger partial charge in [0.15, 0.2) is 12.4 Å². The van der Waals surface area contributed by atoms with Crippen molar-refractivity contribution in [2.24, 2.45) is 21.1 Å². The third kappa shape index (κ3) is 3.52. The van der Waals surface area contributed by atoms with Crippen LogP contribution in [0.2, 0.25) is 0 Å². The van der Waals surface area contributed by atoms with Gasteiger partial charge in [0.1, 0.15) is 32.5 Å². The molecule has 0 atom stereocenters. The van der Waals surface area contributed by atoms with Crippen molar-refractivity contribution in [1.29, 1.82) is 0 Å². The Kier molecular flexibility index (Phi) is 5.26. The number of para-hydroxylation sites is 1. The fourth-order valence-corrected chi connectivity index (χ4v) is 4.95. The average Bonchev–Trinajstić information content (AvgIpc) is 3.26. The van der Waals surface area contributed by atoms with Gasteiger partial charge in [0.05, 0.1) is 11.6 Å². The maximum Gasteiger partial charge on any atom is 0.373 e. The first-order valence-electron chi connectivity index (χ1n) is 12.0. The molecule has 0 saturated heterocycles. The molecule has 0 radical (unpaired) electrons. The van der Waals surface area contributed by atoms with Crippen molar-refractivity contribution in [3.05, 3.63) is 103 Å². The fraction of sp³-hybridized carbons (Fsp3) is 0.129. The summed E-state index contributed by atoms with van der Waals surface area (Å²) in [5.74, 6) is 1.58. The van der Waals surface area contributed by atoms with E-state index in [1.165, 1.54) is 0 Å². The lowest BCUT2D eigenvalue weighted by atomic mass is 10.0. The molecule has 4 heterocycles. The van der Waals surface area contributed by atoms with Crippen molar-refractivity contribution < 1.29 is 22.9 Å². The molecule has 0 spiro atoms. The van der Waals surface area contributed by atoms with Crippen molar-refractivity contribution in [3.8, 4) is 34.3 Å². The van der Waals surface area contributed by atoms with E-state index in [1.54, 1.807) is 0 Å². The van der Waals surface area contributed by atoms with E-state index in [0.717, 1.165) is 61.8 Å². The Morgan fingerprint density at radius 3 is 2.31 bits per heavy atom. The smallest absolute Gasteiger partial charge is 0.373 e. The second-order valence-corrected chi connectivity index (χ2v) is 9.15. The Labute approximate surface area is 210 Å². The maximum atomic E-state index is 6.53. The highest BCUT2D eigenvalue weighted by atomic mass is 16.5. The van der Waals surface area contributed by atoms with Gasteiger partial charge in [-0.15, -0.1) is 0 Å². The van der Waals surface area contributed by atoms with E-state index < -0.39 is 0 Å². The van der Waals surface area contributed by atoms with Crippen LogP contribution >= 0.6 is 0 Å². The van der Waals surface area contributed by atoms with Crippen LogP contribution in [0.3, 0.4) is 0 Å². The molecule has 0 aliphatic carbocycles. The van der Waals surface area contributed by atoms with E-state index in [2.05, 4.69) is 76.5 Å². The number of fused-ring (bicyclic) bond motifs is 3. The molecular formula is C31H28N3O2+3. The van der Waals surface area contributed by atoms with Gasteiger partial charge < -0.3 is 9.15 Å². The lowest BCUT2D eigenvalue weighted by Gasteiger charge is -2.11. The van der Waals surface area contributed by atoms with Gasteiger partial charge in [-0.05, 0) is 37.3 Å². The molecule has 0 aliphatic rings. The van der Waals surface area contributed by atoms with E-state index in [4.69, 9.17) is 9.15 Å². The zero-order chi connectivity index (χ0) is 24.8. The van der Waals surface area contributed by atoms with Gasteiger partial charge in [0, 0.05) is 40.6 Å². The van der Waals surface area contributed by atoms with E-state index in [1.807, 2.05) is 62.6 Å². The number of furan rings is 1. The molecule has 0 bridgehead atoms. The SMILES string of the molecule is Cc1c(Oc2cccc(-c3c4oc5ccccc5c4cc[n+]3C)[n+]2C)cccc1-c1cccc[n+]1C. The predicted molar refractivity (Wildman–Crippen MR) is 139 cm³/mol. The van der Waals surface area contributed by atoms with Gasteiger partial charge in [-0.1, -0.05) is 24.3 Å². The molecule has 0 saturated carbocycles. The number of nitrogens with zero attached hydrogens (tertiary/aromatic N) is 3. The van der Waals surface area contributed by atoms with Gasteiger partial charge >= 0.3 is 11.6 Å². The first-order valence-corrected chi connectivity index (χ1v) is 12.0. The summed E-state index contributed by atoms with van der Waals surface area (Å²) in [4.78, 5) is 0. The van der Waals surface area contributed by atoms with Gasteiger partial charge in [-0.3, -0.25) is 0 Å². The number of aryl methyl sites for hydroxylation is 2. The highest BCUT2D eigenvalue weighted by Gasteiger charge is 2.29. The Bertz CT molecular complexity index is 1770. The Morgan fingerprint density at radius 1 is 0.667 bits per heavy atom. The number of pyridine rings is 3. The summed E-state index contributed by atoms with van der Waals surface area (Å²) in [6.45, 7) is 2.11. The maximum absolute atomic E-state index is 6.53. The molecule has 0 fully saturated rings. The molecule has 0 unspecified atom stereocenters. The molecular weight excluding hydrogens is 446 g/mol. The van der Waals surface area contributed by atoms with Crippen LogP contribution in [-0.2, 0) is 21.1 Å². The van der Waals surface area contributed by atoms with Gasteiger partial charge in [-0.25, -0.2) is 4.57 Å². The summed E-state index contributed by atoms with van der Waals surface area (Å²) in [5, 5.41) is 2.22. The van der Waals surface area contributed by atoms with Crippen LogP contribution in [0.4, 0.5) is 0 Å². The number of ether oxygens (including phenoxy) is 1. The minimum atomic E-state index is 0.748. The minimum Gasteiger partial charge on any atom is -0.449 e. The number of hydrogen-bond donors (Lipinski definition) is 0.